The molecule has 0 unspecified atom stereocenters. The minimum absolute atomic E-state index is 0.125. The van der Waals surface area contributed by atoms with E-state index in [1.165, 1.54) is 5.56 Å². The summed E-state index contributed by atoms with van der Waals surface area (Å²) in [5, 5.41) is 0. The molecule has 2 aromatic rings. The molecule has 0 bridgehead atoms. The van der Waals surface area contributed by atoms with Crippen LogP contribution >= 0.6 is 15.9 Å². The number of nitrogen functional groups attached to an aromatic ring is 1. The van der Waals surface area contributed by atoms with Crippen LogP contribution in [0.3, 0.4) is 0 Å². The van der Waals surface area contributed by atoms with Crippen LogP contribution in [0.25, 0.3) is 0 Å². The zero-order chi connectivity index (χ0) is 15.8. The third-order valence-corrected chi connectivity index (χ3v) is 4.45. The number of hydrogen-bond donors (Lipinski definition) is 1. The van der Waals surface area contributed by atoms with Gasteiger partial charge in [0.2, 0.25) is 5.88 Å². The van der Waals surface area contributed by atoms with Crippen molar-refractivity contribution in [3.63, 3.8) is 0 Å². The van der Waals surface area contributed by atoms with Gasteiger partial charge in [0, 0.05) is 0 Å². The van der Waals surface area contributed by atoms with Gasteiger partial charge in [0.05, 0.1) is 16.4 Å². The minimum atomic E-state index is 0.125. The molecular weight excluding hydrogens is 328 g/mol. The maximum Gasteiger partial charge on any atom is 0.234 e. The van der Waals surface area contributed by atoms with Crippen LogP contribution in [-0.2, 0) is 5.41 Å². The zero-order valence-electron chi connectivity index (χ0n) is 13.1. The highest BCUT2D eigenvalue weighted by molar-refractivity contribution is 9.10. The highest BCUT2D eigenvalue weighted by Crippen LogP contribution is 2.35. The zero-order valence-corrected chi connectivity index (χ0v) is 14.7. The molecule has 1 heterocycles. The first kappa shape index (κ1) is 15.8. The van der Waals surface area contributed by atoms with Crippen LogP contribution in [0, 0.1) is 13.8 Å². The molecule has 0 aliphatic carbocycles. The van der Waals surface area contributed by atoms with Crippen molar-refractivity contribution >= 4 is 21.6 Å². The van der Waals surface area contributed by atoms with Gasteiger partial charge < -0.3 is 10.5 Å². The van der Waals surface area contributed by atoms with Gasteiger partial charge in [-0.25, -0.2) is 4.98 Å². The van der Waals surface area contributed by atoms with E-state index < -0.39 is 0 Å². The number of ether oxygens (including phenoxy) is 1. The second-order valence-corrected chi connectivity index (χ2v) is 7.08. The largest absolute Gasteiger partial charge is 0.438 e. The molecule has 0 atom stereocenters. The van der Waals surface area contributed by atoms with Crippen LogP contribution in [0.5, 0.6) is 11.6 Å². The predicted molar refractivity (Wildman–Crippen MR) is 91.0 cm³/mol. The quantitative estimate of drug-likeness (QED) is 0.817. The molecule has 1 aromatic heterocycles. The summed E-state index contributed by atoms with van der Waals surface area (Å²) in [7, 11) is 0. The topological polar surface area (TPSA) is 48.1 Å². The number of halogens is 1. The van der Waals surface area contributed by atoms with E-state index in [-0.39, 0.29) is 5.41 Å². The fraction of sp³-hybridized carbons (Fsp3) is 0.353. The van der Waals surface area contributed by atoms with Crippen molar-refractivity contribution in [3.05, 3.63) is 45.6 Å². The Kier molecular flexibility index (Phi) is 4.28. The van der Waals surface area contributed by atoms with Crippen LogP contribution in [0.1, 0.15) is 37.5 Å². The Morgan fingerprint density at radius 1 is 1.19 bits per heavy atom. The smallest absolute Gasteiger partial charge is 0.234 e. The third-order valence-electron chi connectivity index (χ3n) is 3.52. The van der Waals surface area contributed by atoms with Crippen molar-refractivity contribution in [2.45, 2.75) is 40.0 Å². The van der Waals surface area contributed by atoms with E-state index in [0.29, 0.717) is 11.6 Å². The Bertz CT molecular complexity index is 675. The lowest BCUT2D eigenvalue weighted by atomic mass is 9.86. The fourth-order valence-electron chi connectivity index (χ4n) is 1.97. The summed E-state index contributed by atoms with van der Waals surface area (Å²) >= 11 is 3.49. The number of aryl methyl sites for hydroxylation is 1. The number of aromatic nitrogens is 1. The fourth-order valence-corrected chi connectivity index (χ4v) is 2.39. The number of nitrogens with two attached hydrogens (primary N) is 1. The van der Waals surface area contributed by atoms with Gasteiger partial charge in [0.25, 0.3) is 0 Å². The van der Waals surface area contributed by atoms with Gasteiger partial charge in [-0.15, -0.1) is 0 Å². The van der Waals surface area contributed by atoms with Gasteiger partial charge in [-0.05, 0) is 57.9 Å². The van der Waals surface area contributed by atoms with Crippen molar-refractivity contribution in [3.8, 4) is 11.6 Å². The Hall–Kier alpha value is -1.55. The van der Waals surface area contributed by atoms with Gasteiger partial charge in [0.1, 0.15) is 5.75 Å². The number of benzene rings is 1. The molecule has 0 amide bonds. The molecule has 2 N–H and O–H groups in total. The van der Waals surface area contributed by atoms with E-state index >= 15 is 0 Å². The summed E-state index contributed by atoms with van der Waals surface area (Å²) in [5.41, 5.74) is 9.91. The van der Waals surface area contributed by atoms with E-state index in [1.807, 2.05) is 19.9 Å². The van der Waals surface area contributed by atoms with Crippen molar-refractivity contribution in [2.24, 2.45) is 0 Å². The molecule has 0 saturated heterocycles. The average Bonchev–Trinajstić information content (AvgIpc) is 2.40. The van der Waals surface area contributed by atoms with Crippen LogP contribution in [0.15, 0.2) is 28.9 Å². The first-order valence-corrected chi connectivity index (χ1v) is 7.69. The highest BCUT2D eigenvalue weighted by Gasteiger charge is 2.16. The van der Waals surface area contributed by atoms with E-state index in [1.54, 1.807) is 6.20 Å². The Morgan fingerprint density at radius 3 is 2.43 bits per heavy atom. The normalized spacial score (nSPS) is 11.5. The summed E-state index contributed by atoms with van der Waals surface area (Å²) in [6.45, 7) is 10.6. The van der Waals surface area contributed by atoms with Gasteiger partial charge in [-0.2, -0.15) is 0 Å². The first-order chi connectivity index (χ1) is 9.70. The van der Waals surface area contributed by atoms with Crippen LogP contribution in [0.4, 0.5) is 5.69 Å². The lowest BCUT2D eigenvalue weighted by Crippen LogP contribution is -2.11. The maximum absolute atomic E-state index is 5.93. The maximum atomic E-state index is 5.93. The predicted octanol–water partition coefficient (Wildman–Crippen LogP) is 5.13. The van der Waals surface area contributed by atoms with Crippen molar-refractivity contribution in [1.82, 2.24) is 4.98 Å². The van der Waals surface area contributed by atoms with Crippen LogP contribution < -0.4 is 10.5 Å². The number of rotatable bonds is 2. The van der Waals surface area contributed by atoms with Crippen LogP contribution in [-0.4, -0.2) is 4.98 Å². The first-order valence-electron chi connectivity index (χ1n) is 6.89. The van der Waals surface area contributed by atoms with Crippen molar-refractivity contribution < 1.29 is 4.74 Å². The second-order valence-electron chi connectivity index (χ2n) is 6.29. The highest BCUT2D eigenvalue weighted by atomic mass is 79.9. The standard InChI is InChI=1S/C17H21BrN2O/c1-10-8-12(17(3,4)5)6-7-14(10)21-16-15(18)11(2)13(19)9-20-16/h6-9H,19H2,1-5H3. The SMILES string of the molecule is Cc1cc(C(C)(C)C)ccc1Oc1ncc(N)c(C)c1Br. The van der Waals surface area contributed by atoms with E-state index in [9.17, 15) is 0 Å². The molecule has 4 heteroatoms. The molecule has 0 radical (unpaired) electrons. The van der Waals surface area contributed by atoms with Gasteiger partial charge in [0.15, 0.2) is 0 Å². The molecule has 0 fully saturated rings. The number of anilines is 1. The summed E-state index contributed by atoms with van der Waals surface area (Å²) in [5.74, 6) is 1.34. The number of pyridine rings is 1. The number of nitrogens with zero attached hydrogens (tertiary/aromatic N) is 1. The van der Waals surface area contributed by atoms with E-state index in [2.05, 4.69) is 53.8 Å². The molecule has 112 valence electrons. The molecule has 21 heavy (non-hydrogen) atoms. The molecular formula is C17H21BrN2O. The molecule has 0 aliphatic rings. The monoisotopic (exact) mass is 348 g/mol. The lowest BCUT2D eigenvalue weighted by molar-refractivity contribution is 0.455. The summed E-state index contributed by atoms with van der Waals surface area (Å²) in [6.07, 6.45) is 1.62. The number of hydrogen-bond acceptors (Lipinski definition) is 3. The molecule has 0 saturated carbocycles. The third kappa shape index (κ3) is 3.38. The van der Waals surface area contributed by atoms with Crippen molar-refractivity contribution in [2.75, 3.05) is 5.73 Å². The Balaban J connectivity index is 2.35. The lowest BCUT2D eigenvalue weighted by Gasteiger charge is -2.20. The Morgan fingerprint density at radius 2 is 1.86 bits per heavy atom. The van der Waals surface area contributed by atoms with Crippen molar-refractivity contribution in [1.29, 1.82) is 0 Å². The average molecular weight is 349 g/mol. The minimum Gasteiger partial charge on any atom is -0.438 e. The summed E-state index contributed by atoms with van der Waals surface area (Å²) in [6, 6.07) is 6.25. The summed E-state index contributed by atoms with van der Waals surface area (Å²) < 4.78 is 6.72. The molecule has 1 aromatic carbocycles. The molecule has 0 spiro atoms. The van der Waals surface area contributed by atoms with Gasteiger partial charge >= 0.3 is 0 Å². The second kappa shape index (κ2) is 5.68. The van der Waals surface area contributed by atoms with E-state index in [0.717, 1.165) is 21.3 Å². The Labute approximate surface area is 134 Å². The molecule has 2 rings (SSSR count). The summed E-state index contributed by atoms with van der Waals surface area (Å²) in [4.78, 5) is 4.25. The molecule has 3 nitrogen and oxygen atoms in total. The van der Waals surface area contributed by atoms with Gasteiger partial charge in [-0.3, -0.25) is 0 Å². The van der Waals surface area contributed by atoms with E-state index in [4.69, 9.17) is 10.5 Å². The van der Waals surface area contributed by atoms with Gasteiger partial charge in [-0.1, -0.05) is 32.9 Å². The molecule has 0 aliphatic heterocycles. The van der Waals surface area contributed by atoms with Crippen LogP contribution in [0.2, 0.25) is 0 Å².